The Balaban J connectivity index is 1.83. The molecule has 2 aliphatic rings. The van der Waals surface area contributed by atoms with E-state index in [0.717, 1.165) is 23.2 Å². The Morgan fingerprint density at radius 2 is 1.76 bits per heavy atom. The predicted octanol–water partition coefficient (Wildman–Crippen LogP) is 3.11. The summed E-state index contributed by atoms with van der Waals surface area (Å²) in [5, 5.41) is 0. The van der Waals surface area contributed by atoms with Gasteiger partial charge in [-0.05, 0) is 58.1 Å². The van der Waals surface area contributed by atoms with Crippen molar-refractivity contribution in [2.75, 3.05) is 22.3 Å². The zero-order valence-electron chi connectivity index (χ0n) is 13.7. The summed E-state index contributed by atoms with van der Waals surface area (Å²) in [5.41, 5.74) is 3.46. The fourth-order valence-electron chi connectivity index (χ4n) is 3.59. The van der Waals surface area contributed by atoms with Crippen LogP contribution in [0, 0.1) is 0 Å². The molecule has 0 atom stereocenters. The normalized spacial score (nSPS) is 16.1. The smallest absolute Gasteiger partial charge is 0.265 e. The highest BCUT2D eigenvalue weighted by molar-refractivity contribution is 9.10. The first kappa shape index (κ1) is 16.6. The van der Waals surface area contributed by atoms with Gasteiger partial charge in [-0.25, -0.2) is 8.42 Å². The third-order valence-electron chi connectivity index (χ3n) is 4.82. The molecule has 2 aliphatic heterocycles. The van der Waals surface area contributed by atoms with Crippen LogP contribution in [0.25, 0.3) is 0 Å². The van der Waals surface area contributed by atoms with Crippen molar-refractivity contribution in [3.63, 3.8) is 0 Å². The third-order valence-corrected chi connectivity index (χ3v) is 7.59. The number of amides is 1. The van der Waals surface area contributed by atoms with Crippen molar-refractivity contribution in [3.05, 3.63) is 52.0 Å². The molecule has 0 radical (unpaired) electrons. The number of para-hydroxylation sites is 1. The third kappa shape index (κ3) is 2.57. The Hall–Kier alpha value is -1.86. The molecule has 2 heterocycles. The average Bonchev–Trinajstić information content (AvgIpc) is 3.17. The van der Waals surface area contributed by atoms with Crippen LogP contribution in [0.2, 0.25) is 0 Å². The number of halogens is 1. The van der Waals surface area contributed by atoms with Gasteiger partial charge >= 0.3 is 0 Å². The van der Waals surface area contributed by atoms with E-state index in [1.807, 2.05) is 30.3 Å². The molecule has 25 heavy (non-hydrogen) atoms. The SMILES string of the molecule is CC(=O)N1CCc2cc(Br)c(S(=O)(=O)N3CCc4ccccc43)cc21. The Morgan fingerprint density at radius 1 is 1.04 bits per heavy atom. The van der Waals surface area contributed by atoms with E-state index in [-0.39, 0.29) is 10.8 Å². The minimum Gasteiger partial charge on any atom is -0.312 e. The number of benzene rings is 2. The maximum atomic E-state index is 13.3. The molecule has 0 saturated heterocycles. The monoisotopic (exact) mass is 420 g/mol. The topological polar surface area (TPSA) is 57.7 Å². The lowest BCUT2D eigenvalue weighted by molar-refractivity contribution is -0.116. The molecule has 2 aromatic rings. The lowest BCUT2D eigenvalue weighted by Gasteiger charge is -2.22. The van der Waals surface area contributed by atoms with E-state index >= 15 is 0 Å². The Morgan fingerprint density at radius 3 is 2.52 bits per heavy atom. The van der Waals surface area contributed by atoms with Gasteiger partial charge in [-0.15, -0.1) is 0 Å². The minimum absolute atomic E-state index is 0.0732. The van der Waals surface area contributed by atoms with Crippen molar-refractivity contribution in [3.8, 4) is 0 Å². The van der Waals surface area contributed by atoms with E-state index in [1.54, 1.807) is 11.0 Å². The molecule has 7 heteroatoms. The molecule has 0 unspecified atom stereocenters. The summed E-state index contributed by atoms with van der Waals surface area (Å²) in [7, 11) is -3.70. The van der Waals surface area contributed by atoms with Gasteiger partial charge in [0.15, 0.2) is 0 Å². The lowest BCUT2D eigenvalue weighted by atomic mass is 10.2. The first-order valence-electron chi connectivity index (χ1n) is 8.11. The van der Waals surface area contributed by atoms with Gasteiger partial charge in [-0.2, -0.15) is 0 Å². The summed E-state index contributed by atoms with van der Waals surface area (Å²) in [6.07, 6.45) is 1.44. The number of carbonyl (C=O) groups is 1. The van der Waals surface area contributed by atoms with Crippen molar-refractivity contribution in [2.45, 2.75) is 24.7 Å². The van der Waals surface area contributed by atoms with Crippen LogP contribution in [0.5, 0.6) is 0 Å². The van der Waals surface area contributed by atoms with Crippen LogP contribution < -0.4 is 9.21 Å². The van der Waals surface area contributed by atoms with Gasteiger partial charge in [-0.1, -0.05) is 18.2 Å². The average molecular weight is 421 g/mol. The summed E-state index contributed by atoms with van der Waals surface area (Å²) in [6, 6.07) is 11.0. The largest absolute Gasteiger partial charge is 0.312 e. The highest BCUT2D eigenvalue weighted by Crippen LogP contribution is 2.39. The summed E-state index contributed by atoms with van der Waals surface area (Å²) < 4.78 is 28.6. The van der Waals surface area contributed by atoms with Crippen LogP contribution in [0.3, 0.4) is 0 Å². The lowest BCUT2D eigenvalue weighted by Crippen LogP contribution is -2.30. The van der Waals surface area contributed by atoms with Crippen LogP contribution >= 0.6 is 15.9 Å². The predicted molar refractivity (Wildman–Crippen MR) is 101 cm³/mol. The standard InChI is InChI=1S/C18H17BrN2O3S/c1-12(22)20-8-6-14-10-15(19)18(11-17(14)20)25(23,24)21-9-7-13-4-2-3-5-16(13)21/h2-5,10-11H,6-9H2,1H3. The summed E-state index contributed by atoms with van der Waals surface area (Å²) >= 11 is 3.42. The van der Waals surface area contributed by atoms with E-state index in [9.17, 15) is 13.2 Å². The molecule has 0 N–H and O–H groups in total. The van der Waals surface area contributed by atoms with E-state index in [4.69, 9.17) is 0 Å². The van der Waals surface area contributed by atoms with Crippen LogP contribution in [0.1, 0.15) is 18.1 Å². The maximum Gasteiger partial charge on any atom is 0.265 e. The number of hydrogen-bond donors (Lipinski definition) is 0. The van der Waals surface area contributed by atoms with Gasteiger partial charge in [0.1, 0.15) is 4.90 Å². The first-order valence-corrected chi connectivity index (χ1v) is 10.3. The second kappa shape index (κ2) is 5.85. The van der Waals surface area contributed by atoms with Gasteiger partial charge < -0.3 is 4.90 Å². The molecule has 0 fully saturated rings. The van der Waals surface area contributed by atoms with E-state index in [1.165, 1.54) is 11.2 Å². The summed E-state index contributed by atoms with van der Waals surface area (Å²) in [6.45, 7) is 2.52. The number of hydrogen-bond acceptors (Lipinski definition) is 3. The van der Waals surface area contributed by atoms with Crippen molar-refractivity contribution in [1.82, 2.24) is 0 Å². The molecule has 130 valence electrons. The number of carbonyl (C=O) groups excluding carboxylic acids is 1. The molecule has 0 aliphatic carbocycles. The van der Waals surface area contributed by atoms with E-state index in [0.29, 0.717) is 29.7 Å². The highest BCUT2D eigenvalue weighted by Gasteiger charge is 2.34. The minimum atomic E-state index is -3.70. The number of sulfonamides is 1. The second-order valence-corrected chi connectivity index (χ2v) is 8.97. The zero-order chi connectivity index (χ0) is 17.8. The number of anilines is 2. The molecule has 0 aromatic heterocycles. The van der Waals surface area contributed by atoms with Crippen LogP contribution in [0.15, 0.2) is 45.8 Å². The molecule has 0 bridgehead atoms. The Labute approximate surface area is 155 Å². The van der Waals surface area contributed by atoms with Crippen LogP contribution in [0.4, 0.5) is 11.4 Å². The van der Waals surface area contributed by atoms with Gasteiger partial charge in [-0.3, -0.25) is 9.10 Å². The molecule has 1 amide bonds. The molecule has 2 aromatic carbocycles. The number of rotatable bonds is 2. The van der Waals surface area contributed by atoms with Crippen molar-refractivity contribution in [2.24, 2.45) is 0 Å². The van der Waals surface area contributed by atoms with E-state index < -0.39 is 10.0 Å². The number of fused-ring (bicyclic) bond motifs is 2. The van der Waals surface area contributed by atoms with Crippen LogP contribution in [-0.2, 0) is 27.7 Å². The highest BCUT2D eigenvalue weighted by atomic mass is 79.9. The molecular weight excluding hydrogens is 404 g/mol. The van der Waals surface area contributed by atoms with Crippen molar-refractivity contribution in [1.29, 1.82) is 0 Å². The van der Waals surface area contributed by atoms with Crippen LogP contribution in [-0.4, -0.2) is 27.4 Å². The first-order chi connectivity index (χ1) is 11.9. The van der Waals surface area contributed by atoms with Crippen molar-refractivity contribution < 1.29 is 13.2 Å². The molecule has 4 rings (SSSR count). The Bertz CT molecular complexity index is 988. The fraction of sp³-hybridized carbons (Fsp3) is 0.278. The molecule has 5 nitrogen and oxygen atoms in total. The second-order valence-electron chi connectivity index (χ2n) is 6.29. The van der Waals surface area contributed by atoms with E-state index in [2.05, 4.69) is 15.9 Å². The van der Waals surface area contributed by atoms with Crippen molar-refractivity contribution >= 4 is 43.2 Å². The summed E-state index contributed by atoms with van der Waals surface area (Å²) in [4.78, 5) is 13.7. The Kier molecular flexibility index (Phi) is 3.88. The van der Waals surface area contributed by atoms with Gasteiger partial charge in [0.05, 0.1) is 5.69 Å². The molecule has 0 spiro atoms. The van der Waals surface area contributed by atoms with Gasteiger partial charge in [0, 0.05) is 30.2 Å². The quantitative estimate of drug-likeness (QED) is 0.749. The van der Waals surface area contributed by atoms with Gasteiger partial charge in [0.2, 0.25) is 5.91 Å². The molecular formula is C18H17BrN2O3S. The maximum absolute atomic E-state index is 13.3. The summed E-state index contributed by atoms with van der Waals surface area (Å²) in [5.74, 6) is -0.0732. The fourth-order valence-corrected chi connectivity index (χ4v) is 6.17. The molecule has 0 saturated carbocycles. The zero-order valence-corrected chi connectivity index (χ0v) is 16.1. The number of nitrogens with zero attached hydrogens (tertiary/aromatic N) is 2. The van der Waals surface area contributed by atoms with Gasteiger partial charge in [0.25, 0.3) is 10.0 Å².